The molecule has 0 bridgehead atoms. The maximum absolute atomic E-state index is 13.1. The van der Waals surface area contributed by atoms with Gasteiger partial charge in [-0.3, -0.25) is 9.59 Å². The van der Waals surface area contributed by atoms with Crippen LogP contribution >= 0.6 is 0 Å². The summed E-state index contributed by atoms with van der Waals surface area (Å²) in [4.78, 5) is 25.6. The molecule has 3 N–H and O–H groups in total. The number of amides is 2. The van der Waals surface area contributed by atoms with Gasteiger partial charge in [0.15, 0.2) is 0 Å². The molecule has 0 heterocycles. The molecule has 1 aliphatic carbocycles. The smallest absolute Gasteiger partial charge is 0.245 e. The first-order chi connectivity index (χ1) is 14.6. The number of rotatable bonds is 6. The van der Waals surface area contributed by atoms with Crippen LogP contribution in [0, 0.1) is 5.82 Å². The van der Waals surface area contributed by atoms with E-state index in [0.717, 1.165) is 22.3 Å². The van der Waals surface area contributed by atoms with Crippen LogP contribution in [-0.4, -0.2) is 29.6 Å². The molecule has 1 unspecified atom stereocenters. The molecule has 0 radical (unpaired) electrons. The maximum Gasteiger partial charge on any atom is 0.245 e. The predicted octanol–water partition coefficient (Wildman–Crippen LogP) is 2.73. The van der Waals surface area contributed by atoms with Crippen LogP contribution < -0.4 is 10.6 Å². The number of halogens is 1. The van der Waals surface area contributed by atoms with Gasteiger partial charge in [-0.05, 0) is 39.9 Å². The third-order valence-corrected chi connectivity index (χ3v) is 5.29. The number of carbonyl (C=O) groups excluding carboxylic acids is 2. The highest BCUT2D eigenvalue weighted by molar-refractivity contribution is 5.98. The van der Waals surface area contributed by atoms with Crippen molar-refractivity contribution in [1.29, 1.82) is 0 Å². The SMILES string of the molecule is O=C(NCc1ccc(F)cc1)C(CO)NC(=O)C1c2ccccc2-c2ccccc21. The number of benzene rings is 3. The van der Waals surface area contributed by atoms with E-state index in [1.54, 1.807) is 12.1 Å². The van der Waals surface area contributed by atoms with E-state index < -0.39 is 24.5 Å². The minimum Gasteiger partial charge on any atom is -0.394 e. The quantitative estimate of drug-likeness (QED) is 0.591. The minimum atomic E-state index is -1.09. The molecule has 6 heteroatoms. The van der Waals surface area contributed by atoms with Gasteiger partial charge in [0, 0.05) is 6.54 Å². The normalized spacial score (nSPS) is 13.3. The molecule has 0 saturated heterocycles. The fourth-order valence-corrected chi connectivity index (χ4v) is 3.80. The van der Waals surface area contributed by atoms with Crippen molar-refractivity contribution >= 4 is 11.8 Å². The Balaban J connectivity index is 1.48. The van der Waals surface area contributed by atoms with E-state index >= 15 is 0 Å². The summed E-state index contributed by atoms with van der Waals surface area (Å²) >= 11 is 0. The number of nitrogens with one attached hydrogen (secondary N) is 2. The van der Waals surface area contributed by atoms with E-state index in [4.69, 9.17) is 0 Å². The Kier molecular flexibility index (Phi) is 5.59. The summed E-state index contributed by atoms with van der Waals surface area (Å²) in [5.41, 5.74) is 4.45. The van der Waals surface area contributed by atoms with E-state index in [9.17, 15) is 19.1 Å². The van der Waals surface area contributed by atoms with Gasteiger partial charge in [-0.15, -0.1) is 0 Å². The summed E-state index contributed by atoms with van der Waals surface area (Å²) in [6, 6.07) is 20.0. The molecule has 3 aromatic rings. The van der Waals surface area contributed by atoms with Crippen LogP contribution in [0.5, 0.6) is 0 Å². The third-order valence-electron chi connectivity index (χ3n) is 5.29. The first-order valence-electron chi connectivity index (χ1n) is 9.70. The highest BCUT2D eigenvalue weighted by Gasteiger charge is 2.35. The molecule has 0 saturated carbocycles. The molecule has 4 rings (SSSR count). The Bertz CT molecular complexity index is 1040. The molecular weight excluding hydrogens is 383 g/mol. The first-order valence-corrected chi connectivity index (χ1v) is 9.70. The highest BCUT2D eigenvalue weighted by Crippen LogP contribution is 2.44. The van der Waals surface area contributed by atoms with Gasteiger partial charge >= 0.3 is 0 Å². The summed E-state index contributed by atoms with van der Waals surface area (Å²) in [7, 11) is 0. The molecular formula is C24H21FN2O3. The Morgan fingerprint density at radius 1 is 0.900 bits per heavy atom. The van der Waals surface area contributed by atoms with Crippen molar-refractivity contribution in [2.75, 3.05) is 6.61 Å². The number of hydrogen-bond acceptors (Lipinski definition) is 3. The van der Waals surface area contributed by atoms with Crippen molar-refractivity contribution in [3.8, 4) is 11.1 Å². The van der Waals surface area contributed by atoms with Crippen LogP contribution in [-0.2, 0) is 16.1 Å². The van der Waals surface area contributed by atoms with E-state index in [-0.39, 0.29) is 18.3 Å². The van der Waals surface area contributed by atoms with Gasteiger partial charge in [-0.25, -0.2) is 4.39 Å². The Morgan fingerprint density at radius 2 is 1.47 bits per heavy atom. The van der Waals surface area contributed by atoms with Crippen molar-refractivity contribution in [3.05, 3.63) is 95.3 Å². The predicted molar refractivity (Wildman–Crippen MR) is 111 cm³/mol. The summed E-state index contributed by atoms with van der Waals surface area (Å²) in [6.07, 6.45) is 0. The van der Waals surface area contributed by atoms with Crippen LogP contribution in [0.1, 0.15) is 22.6 Å². The van der Waals surface area contributed by atoms with Crippen molar-refractivity contribution in [2.24, 2.45) is 0 Å². The number of carbonyl (C=O) groups is 2. The standard InChI is InChI=1S/C24H21FN2O3/c25-16-11-9-15(10-12-16)13-26-23(29)21(14-28)27-24(30)22-19-7-3-1-5-17(19)18-6-2-4-8-20(18)22/h1-12,21-22,28H,13-14H2,(H,26,29)(H,27,30). The fraction of sp³-hybridized carbons (Fsp3) is 0.167. The summed E-state index contributed by atoms with van der Waals surface area (Å²) in [6.45, 7) is -0.364. The lowest BCUT2D eigenvalue weighted by molar-refractivity contribution is -0.130. The van der Waals surface area contributed by atoms with Crippen LogP contribution in [0.25, 0.3) is 11.1 Å². The number of fused-ring (bicyclic) bond motifs is 3. The molecule has 152 valence electrons. The van der Waals surface area contributed by atoms with E-state index in [0.29, 0.717) is 5.56 Å². The van der Waals surface area contributed by atoms with Crippen molar-refractivity contribution in [3.63, 3.8) is 0 Å². The van der Waals surface area contributed by atoms with Crippen molar-refractivity contribution in [1.82, 2.24) is 10.6 Å². The monoisotopic (exact) mass is 404 g/mol. The van der Waals surface area contributed by atoms with Gasteiger partial charge in [-0.2, -0.15) is 0 Å². The van der Waals surface area contributed by atoms with Gasteiger partial charge < -0.3 is 15.7 Å². The second-order valence-electron chi connectivity index (χ2n) is 7.20. The molecule has 0 aromatic heterocycles. The van der Waals surface area contributed by atoms with Gasteiger partial charge in [0.1, 0.15) is 11.9 Å². The number of aliphatic hydroxyl groups is 1. The average Bonchev–Trinajstić information content (AvgIpc) is 3.11. The fourth-order valence-electron chi connectivity index (χ4n) is 3.80. The van der Waals surface area contributed by atoms with Gasteiger partial charge in [0.2, 0.25) is 11.8 Å². The Morgan fingerprint density at radius 3 is 2.03 bits per heavy atom. The Labute approximate surface area is 173 Å². The maximum atomic E-state index is 13.1. The third kappa shape index (κ3) is 3.82. The second-order valence-corrected chi connectivity index (χ2v) is 7.20. The molecule has 5 nitrogen and oxygen atoms in total. The number of hydrogen-bond donors (Lipinski definition) is 3. The highest BCUT2D eigenvalue weighted by atomic mass is 19.1. The summed E-state index contributed by atoms with van der Waals surface area (Å²) in [5.74, 6) is -1.75. The molecule has 2 amide bonds. The zero-order valence-corrected chi connectivity index (χ0v) is 16.1. The minimum absolute atomic E-state index is 0.167. The summed E-state index contributed by atoms with van der Waals surface area (Å²) in [5, 5.41) is 15.0. The van der Waals surface area contributed by atoms with Crippen LogP contribution in [0.4, 0.5) is 4.39 Å². The Hall–Kier alpha value is -3.51. The van der Waals surface area contributed by atoms with Crippen LogP contribution in [0.2, 0.25) is 0 Å². The van der Waals surface area contributed by atoms with Crippen LogP contribution in [0.3, 0.4) is 0 Å². The average molecular weight is 404 g/mol. The van der Waals surface area contributed by atoms with Gasteiger partial charge in [-0.1, -0.05) is 60.7 Å². The summed E-state index contributed by atoms with van der Waals surface area (Å²) < 4.78 is 13.0. The zero-order valence-electron chi connectivity index (χ0n) is 16.1. The van der Waals surface area contributed by atoms with Crippen LogP contribution in [0.15, 0.2) is 72.8 Å². The zero-order chi connectivity index (χ0) is 21.1. The molecule has 0 spiro atoms. The largest absolute Gasteiger partial charge is 0.394 e. The van der Waals surface area contributed by atoms with Crippen molar-refractivity contribution < 1.29 is 19.1 Å². The van der Waals surface area contributed by atoms with Gasteiger partial charge in [0.05, 0.1) is 12.5 Å². The lowest BCUT2D eigenvalue weighted by Gasteiger charge is -2.20. The molecule has 3 aromatic carbocycles. The van der Waals surface area contributed by atoms with E-state index in [1.807, 2.05) is 48.5 Å². The molecule has 30 heavy (non-hydrogen) atoms. The lowest BCUT2D eigenvalue weighted by Crippen LogP contribution is -2.49. The molecule has 0 fully saturated rings. The second kappa shape index (κ2) is 8.47. The molecule has 0 aliphatic heterocycles. The van der Waals surface area contributed by atoms with E-state index in [1.165, 1.54) is 12.1 Å². The van der Waals surface area contributed by atoms with Gasteiger partial charge in [0.25, 0.3) is 0 Å². The molecule has 1 aliphatic rings. The molecule has 1 atom stereocenters. The first kappa shape index (κ1) is 19.8. The lowest BCUT2D eigenvalue weighted by atomic mass is 9.95. The topological polar surface area (TPSA) is 78.4 Å². The van der Waals surface area contributed by atoms with Crippen molar-refractivity contribution in [2.45, 2.75) is 18.5 Å². The van der Waals surface area contributed by atoms with E-state index in [2.05, 4.69) is 10.6 Å². The number of aliphatic hydroxyl groups excluding tert-OH is 1.